The molecule has 1 N–H and O–H groups in total. The third-order valence-corrected chi connectivity index (χ3v) is 5.41. The summed E-state index contributed by atoms with van der Waals surface area (Å²) in [6.45, 7) is 3.03. The molecular formula is C18H23N3O. The Balaban J connectivity index is 1.60. The van der Waals surface area contributed by atoms with Crippen molar-refractivity contribution in [2.75, 3.05) is 5.32 Å². The summed E-state index contributed by atoms with van der Waals surface area (Å²) in [5, 5.41) is 3.12. The molecule has 2 fully saturated rings. The van der Waals surface area contributed by atoms with Crippen LogP contribution in [0.1, 0.15) is 39.0 Å². The molecule has 1 amide bonds. The van der Waals surface area contributed by atoms with Crippen LogP contribution in [-0.4, -0.2) is 15.5 Å². The molecule has 1 heterocycles. The molecule has 2 aromatic rings. The number of aromatic nitrogens is 2. The van der Waals surface area contributed by atoms with Crippen LogP contribution < -0.4 is 5.32 Å². The minimum Gasteiger partial charge on any atom is -0.310 e. The van der Waals surface area contributed by atoms with Crippen LogP contribution in [-0.2, 0) is 11.3 Å². The summed E-state index contributed by atoms with van der Waals surface area (Å²) < 4.78 is 2.14. The van der Waals surface area contributed by atoms with E-state index in [1.807, 2.05) is 18.2 Å². The number of nitrogens with one attached hydrogen (secondary N) is 1. The van der Waals surface area contributed by atoms with Gasteiger partial charge in [-0.3, -0.25) is 10.1 Å². The summed E-state index contributed by atoms with van der Waals surface area (Å²) in [4.78, 5) is 17.3. The van der Waals surface area contributed by atoms with Gasteiger partial charge in [0.1, 0.15) is 0 Å². The highest BCUT2D eigenvalue weighted by atomic mass is 16.2. The van der Waals surface area contributed by atoms with E-state index < -0.39 is 0 Å². The Morgan fingerprint density at radius 2 is 2.18 bits per heavy atom. The van der Waals surface area contributed by atoms with Gasteiger partial charge in [-0.05, 0) is 49.7 Å². The van der Waals surface area contributed by atoms with Crippen molar-refractivity contribution in [3.8, 4) is 0 Å². The molecule has 0 spiro atoms. The molecule has 4 rings (SSSR count). The Labute approximate surface area is 130 Å². The van der Waals surface area contributed by atoms with Crippen LogP contribution in [0.15, 0.2) is 24.3 Å². The van der Waals surface area contributed by atoms with Gasteiger partial charge in [0, 0.05) is 12.5 Å². The van der Waals surface area contributed by atoms with E-state index in [4.69, 9.17) is 0 Å². The van der Waals surface area contributed by atoms with Crippen molar-refractivity contribution < 1.29 is 4.79 Å². The summed E-state index contributed by atoms with van der Waals surface area (Å²) in [5.41, 5.74) is 2.06. The van der Waals surface area contributed by atoms with Crippen molar-refractivity contribution in [3.63, 3.8) is 0 Å². The number of aryl methyl sites for hydroxylation is 1. The second-order valence-corrected chi connectivity index (χ2v) is 6.85. The van der Waals surface area contributed by atoms with Crippen molar-refractivity contribution in [1.82, 2.24) is 9.55 Å². The van der Waals surface area contributed by atoms with Gasteiger partial charge in [0.15, 0.2) is 0 Å². The zero-order chi connectivity index (χ0) is 15.1. The molecule has 0 unspecified atom stereocenters. The van der Waals surface area contributed by atoms with Crippen LogP contribution in [0, 0.1) is 17.8 Å². The van der Waals surface area contributed by atoms with E-state index in [1.54, 1.807) is 0 Å². The number of rotatable bonds is 4. The van der Waals surface area contributed by atoms with E-state index in [-0.39, 0.29) is 11.8 Å². The van der Waals surface area contributed by atoms with E-state index in [0.29, 0.717) is 5.92 Å². The lowest BCUT2D eigenvalue weighted by Gasteiger charge is -2.20. The van der Waals surface area contributed by atoms with E-state index in [2.05, 4.69) is 27.9 Å². The molecule has 3 atom stereocenters. The average Bonchev–Trinajstić information content (AvgIpc) is 3.22. The number of hydrogen-bond donors (Lipinski definition) is 1. The van der Waals surface area contributed by atoms with Crippen molar-refractivity contribution in [2.45, 2.75) is 45.6 Å². The molecule has 0 saturated heterocycles. The van der Waals surface area contributed by atoms with Crippen LogP contribution in [0.2, 0.25) is 0 Å². The quantitative estimate of drug-likeness (QED) is 0.932. The Bertz CT molecular complexity index is 705. The average molecular weight is 297 g/mol. The molecule has 4 nitrogen and oxygen atoms in total. The summed E-state index contributed by atoms with van der Waals surface area (Å²) in [7, 11) is 0. The third-order valence-electron chi connectivity index (χ3n) is 5.41. The highest BCUT2D eigenvalue weighted by molar-refractivity contribution is 5.93. The van der Waals surface area contributed by atoms with Crippen LogP contribution in [0.5, 0.6) is 0 Å². The fraction of sp³-hybridized carbons (Fsp3) is 0.556. The number of imidazole rings is 1. The number of anilines is 1. The van der Waals surface area contributed by atoms with Gasteiger partial charge < -0.3 is 4.57 Å². The number of hydrogen-bond acceptors (Lipinski definition) is 2. The van der Waals surface area contributed by atoms with E-state index in [9.17, 15) is 4.79 Å². The monoisotopic (exact) mass is 297 g/mol. The fourth-order valence-electron chi connectivity index (χ4n) is 4.39. The Hall–Kier alpha value is -1.84. The number of para-hydroxylation sites is 2. The predicted molar refractivity (Wildman–Crippen MR) is 87.6 cm³/mol. The summed E-state index contributed by atoms with van der Waals surface area (Å²) in [6, 6.07) is 8.10. The highest BCUT2D eigenvalue weighted by Crippen LogP contribution is 2.48. The van der Waals surface area contributed by atoms with Gasteiger partial charge in [0.25, 0.3) is 0 Å². The molecule has 0 aliphatic heterocycles. The van der Waals surface area contributed by atoms with Crippen molar-refractivity contribution in [3.05, 3.63) is 24.3 Å². The van der Waals surface area contributed by atoms with Gasteiger partial charge in [-0.25, -0.2) is 4.98 Å². The van der Waals surface area contributed by atoms with Crippen molar-refractivity contribution in [1.29, 1.82) is 0 Å². The Kier molecular flexibility index (Phi) is 3.40. The first-order valence-electron chi connectivity index (χ1n) is 8.52. The molecule has 2 bridgehead atoms. The smallest absolute Gasteiger partial charge is 0.230 e. The van der Waals surface area contributed by atoms with E-state index in [0.717, 1.165) is 42.3 Å². The molecule has 0 radical (unpaired) electrons. The first-order chi connectivity index (χ1) is 10.8. The summed E-state index contributed by atoms with van der Waals surface area (Å²) >= 11 is 0. The lowest BCUT2D eigenvalue weighted by atomic mass is 9.88. The molecule has 22 heavy (non-hydrogen) atoms. The second kappa shape index (κ2) is 5.41. The first-order valence-corrected chi connectivity index (χ1v) is 8.52. The van der Waals surface area contributed by atoms with Crippen molar-refractivity contribution in [2.24, 2.45) is 17.8 Å². The maximum absolute atomic E-state index is 12.7. The second-order valence-electron chi connectivity index (χ2n) is 6.85. The minimum absolute atomic E-state index is 0.180. The van der Waals surface area contributed by atoms with Gasteiger partial charge in [0.05, 0.1) is 11.0 Å². The number of carbonyl (C=O) groups is 1. The summed E-state index contributed by atoms with van der Waals surface area (Å²) in [6.07, 6.45) is 5.91. The number of fused-ring (bicyclic) bond motifs is 3. The SMILES string of the molecule is CCCn1c(NC(=O)[C@@H]2C[C@@H]3CC[C@@H]2C3)nc2ccccc21. The lowest BCUT2D eigenvalue weighted by molar-refractivity contribution is -0.121. The van der Waals surface area contributed by atoms with Gasteiger partial charge in [-0.1, -0.05) is 25.5 Å². The molecule has 116 valence electrons. The molecule has 1 aromatic carbocycles. The normalized spacial score (nSPS) is 26.7. The van der Waals surface area contributed by atoms with Gasteiger partial charge >= 0.3 is 0 Å². The van der Waals surface area contributed by atoms with Crippen molar-refractivity contribution >= 4 is 22.9 Å². The van der Waals surface area contributed by atoms with Gasteiger partial charge in [-0.15, -0.1) is 0 Å². The number of nitrogens with zero attached hydrogens (tertiary/aromatic N) is 2. The summed E-state index contributed by atoms with van der Waals surface area (Å²) in [5.74, 6) is 2.49. The molecule has 2 aliphatic carbocycles. The number of benzene rings is 1. The molecule has 2 saturated carbocycles. The Morgan fingerprint density at radius 1 is 1.32 bits per heavy atom. The van der Waals surface area contributed by atoms with Gasteiger partial charge in [0.2, 0.25) is 11.9 Å². The van der Waals surface area contributed by atoms with Crippen LogP contribution in [0.3, 0.4) is 0 Å². The molecular weight excluding hydrogens is 274 g/mol. The maximum Gasteiger partial charge on any atom is 0.230 e. The fourth-order valence-corrected chi connectivity index (χ4v) is 4.39. The maximum atomic E-state index is 12.7. The number of amides is 1. The lowest BCUT2D eigenvalue weighted by Crippen LogP contribution is -2.28. The first kappa shape index (κ1) is 13.8. The minimum atomic E-state index is 0.180. The Morgan fingerprint density at radius 3 is 2.91 bits per heavy atom. The van der Waals surface area contributed by atoms with Gasteiger partial charge in [-0.2, -0.15) is 0 Å². The van der Waals surface area contributed by atoms with Crippen LogP contribution >= 0.6 is 0 Å². The predicted octanol–water partition coefficient (Wildman–Crippen LogP) is 3.82. The molecule has 2 aliphatic rings. The zero-order valence-corrected chi connectivity index (χ0v) is 13.1. The molecule has 1 aromatic heterocycles. The van der Waals surface area contributed by atoms with E-state index in [1.165, 1.54) is 19.3 Å². The number of carbonyl (C=O) groups excluding carboxylic acids is 1. The standard InChI is InChI=1S/C18H23N3O/c1-2-9-21-16-6-4-3-5-15(16)19-18(21)20-17(22)14-11-12-7-8-13(14)10-12/h3-6,12-14H,2,7-11H2,1H3,(H,19,20,22)/t12-,13-,14-/m1/s1. The third kappa shape index (κ3) is 2.21. The topological polar surface area (TPSA) is 46.9 Å². The van der Waals surface area contributed by atoms with Crippen LogP contribution in [0.4, 0.5) is 5.95 Å². The van der Waals surface area contributed by atoms with E-state index >= 15 is 0 Å². The van der Waals surface area contributed by atoms with Crippen LogP contribution in [0.25, 0.3) is 11.0 Å². The largest absolute Gasteiger partial charge is 0.310 e. The zero-order valence-electron chi connectivity index (χ0n) is 13.1. The molecule has 4 heteroatoms. The highest BCUT2D eigenvalue weighted by Gasteiger charge is 2.43.